The second-order valence-electron chi connectivity index (χ2n) is 2.62. The molecule has 0 heterocycles. The molecule has 0 saturated heterocycles. The molecule has 3 heteroatoms. The zero-order valence-corrected chi connectivity index (χ0v) is 8.21. The predicted octanol–water partition coefficient (Wildman–Crippen LogP) is 1.89. The fourth-order valence-corrected chi connectivity index (χ4v) is 1.14. The summed E-state index contributed by atoms with van der Waals surface area (Å²) in [5, 5.41) is 9.04. The number of rotatable bonds is 2. The standard InChI is InChI=1S/C11H9ClO2/c12-11-5-4-9(3-1-2-6-13)10(7-11)8-14/h4-5,7-8,13H,2,6H2. The van der Waals surface area contributed by atoms with Crippen molar-refractivity contribution in [1.29, 1.82) is 0 Å². The van der Waals surface area contributed by atoms with Gasteiger partial charge < -0.3 is 5.11 Å². The largest absolute Gasteiger partial charge is 0.395 e. The van der Waals surface area contributed by atoms with Crippen molar-refractivity contribution < 1.29 is 9.90 Å². The van der Waals surface area contributed by atoms with Crippen molar-refractivity contribution in [2.45, 2.75) is 6.42 Å². The third kappa shape index (κ3) is 2.88. The van der Waals surface area contributed by atoms with E-state index in [0.717, 1.165) is 6.29 Å². The van der Waals surface area contributed by atoms with E-state index in [9.17, 15) is 4.79 Å². The second-order valence-corrected chi connectivity index (χ2v) is 3.06. The van der Waals surface area contributed by atoms with Gasteiger partial charge in [-0.15, -0.1) is 0 Å². The van der Waals surface area contributed by atoms with Crippen molar-refractivity contribution >= 4 is 17.9 Å². The fourth-order valence-electron chi connectivity index (χ4n) is 0.959. The van der Waals surface area contributed by atoms with Gasteiger partial charge in [-0.25, -0.2) is 0 Å². The second kappa shape index (κ2) is 5.43. The van der Waals surface area contributed by atoms with E-state index in [4.69, 9.17) is 16.7 Å². The van der Waals surface area contributed by atoms with Gasteiger partial charge in [0.2, 0.25) is 0 Å². The Morgan fingerprint density at radius 1 is 1.50 bits per heavy atom. The molecular weight excluding hydrogens is 200 g/mol. The molecule has 72 valence electrons. The first-order chi connectivity index (χ1) is 6.77. The highest BCUT2D eigenvalue weighted by atomic mass is 35.5. The summed E-state index contributed by atoms with van der Waals surface area (Å²) >= 11 is 5.71. The lowest BCUT2D eigenvalue weighted by molar-refractivity contribution is 0.112. The minimum absolute atomic E-state index is 0.0248. The summed E-state index contributed by atoms with van der Waals surface area (Å²) in [6.07, 6.45) is 1.12. The average molecular weight is 209 g/mol. The Morgan fingerprint density at radius 2 is 2.29 bits per heavy atom. The molecule has 14 heavy (non-hydrogen) atoms. The molecule has 0 radical (unpaired) electrons. The van der Waals surface area contributed by atoms with Crippen LogP contribution >= 0.6 is 11.6 Å². The molecule has 0 spiro atoms. The topological polar surface area (TPSA) is 37.3 Å². The van der Waals surface area contributed by atoms with Crippen LogP contribution in [0.4, 0.5) is 0 Å². The van der Waals surface area contributed by atoms with Crippen LogP contribution < -0.4 is 0 Å². The summed E-state index contributed by atoms with van der Waals surface area (Å²) in [5.41, 5.74) is 1.11. The molecule has 0 unspecified atom stereocenters. The number of carbonyl (C=O) groups excluding carboxylic acids is 1. The molecule has 1 aromatic rings. The van der Waals surface area contributed by atoms with Crippen LogP contribution in [0.15, 0.2) is 18.2 Å². The van der Waals surface area contributed by atoms with Crippen molar-refractivity contribution in [3.05, 3.63) is 34.3 Å². The summed E-state index contributed by atoms with van der Waals surface area (Å²) in [5.74, 6) is 5.54. The zero-order valence-electron chi connectivity index (χ0n) is 7.46. The molecular formula is C11H9ClO2. The van der Waals surface area contributed by atoms with Crippen LogP contribution in [-0.2, 0) is 0 Å². The first kappa shape index (κ1) is 10.8. The van der Waals surface area contributed by atoms with E-state index in [-0.39, 0.29) is 6.61 Å². The number of aliphatic hydroxyl groups excluding tert-OH is 1. The highest BCUT2D eigenvalue weighted by Crippen LogP contribution is 2.13. The van der Waals surface area contributed by atoms with Crippen LogP contribution in [0.5, 0.6) is 0 Å². The van der Waals surface area contributed by atoms with Crippen LogP contribution in [0.1, 0.15) is 22.3 Å². The molecule has 0 aliphatic heterocycles. The van der Waals surface area contributed by atoms with Crippen molar-refractivity contribution in [2.75, 3.05) is 6.61 Å². The van der Waals surface area contributed by atoms with Crippen molar-refractivity contribution in [3.8, 4) is 11.8 Å². The van der Waals surface area contributed by atoms with E-state index in [1.165, 1.54) is 0 Å². The lowest BCUT2D eigenvalue weighted by atomic mass is 10.1. The minimum Gasteiger partial charge on any atom is -0.395 e. The van der Waals surface area contributed by atoms with Crippen LogP contribution in [0.2, 0.25) is 5.02 Å². The molecule has 1 N–H and O–H groups in total. The van der Waals surface area contributed by atoms with Gasteiger partial charge in [0.15, 0.2) is 6.29 Å². The zero-order chi connectivity index (χ0) is 10.4. The Balaban J connectivity index is 2.98. The van der Waals surface area contributed by atoms with Crippen LogP contribution in [0.25, 0.3) is 0 Å². The third-order valence-corrected chi connectivity index (χ3v) is 1.84. The van der Waals surface area contributed by atoms with Crippen LogP contribution in [0, 0.1) is 11.8 Å². The number of halogens is 1. The summed E-state index contributed by atoms with van der Waals surface area (Å²) in [7, 11) is 0. The molecule has 0 aliphatic rings. The molecule has 2 nitrogen and oxygen atoms in total. The van der Waals surface area contributed by atoms with Crippen molar-refractivity contribution in [3.63, 3.8) is 0 Å². The maximum absolute atomic E-state index is 10.6. The highest BCUT2D eigenvalue weighted by Gasteiger charge is 1.98. The molecule has 1 rings (SSSR count). The average Bonchev–Trinajstić information content (AvgIpc) is 2.20. The monoisotopic (exact) mass is 208 g/mol. The summed E-state index contributed by atoms with van der Waals surface area (Å²) in [4.78, 5) is 10.6. The minimum atomic E-state index is 0.0248. The van der Waals surface area contributed by atoms with Crippen LogP contribution in [-0.4, -0.2) is 18.0 Å². The van der Waals surface area contributed by atoms with Gasteiger partial charge >= 0.3 is 0 Å². The van der Waals surface area contributed by atoms with Crippen LogP contribution in [0.3, 0.4) is 0 Å². The molecule has 0 aromatic heterocycles. The van der Waals surface area contributed by atoms with E-state index < -0.39 is 0 Å². The molecule has 0 amide bonds. The van der Waals surface area contributed by atoms with Gasteiger partial charge in [-0.2, -0.15) is 0 Å². The Labute approximate surface area is 87.5 Å². The summed E-state index contributed by atoms with van der Waals surface area (Å²) < 4.78 is 0. The molecule has 0 bridgehead atoms. The molecule has 0 atom stereocenters. The van der Waals surface area contributed by atoms with E-state index in [1.807, 2.05) is 0 Å². The lowest BCUT2D eigenvalue weighted by Gasteiger charge is -1.96. The van der Waals surface area contributed by atoms with E-state index in [2.05, 4.69) is 11.8 Å². The van der Waals surface area contributed by atoms with Gasteiger partial charge in [-0.3, -0.25) is 4.79 Å². The SMILES string of the molecule is O=Cc1cc(Cl)ccc1C#CCCO. The Bertz CT molecular complexity index is 388. The number of aliphatic hydroxyl groups is 1. The Morgan fingerprint density at radius 3 is 2.93 bits per heavy atom. The van der Waals surface area contributed by atoms with Gasteiger partial charge in [0.25, 0.3) is 0 Å². The molecule has 0 saturated carbocycles. The number of benzene rings is 1. The maximum Gasteiger partial charge on any atom is 0.151 e. The molecule has 0 aliphatic carbocycles. The Kier molecular flexibility index (Phi) is 4.18. The molecule has 0 fully saturated rings. The molecule has 1 aromatic carbocycles. The summed E-state index contributed by atoms with van der Waals surface area (Å²) in [6, 6.07) is 4.94. The fraction of sp³-hybridized carbons (Fsp3) is 0.182. The van der Waals surface area contributed by atoms with E-state index in [0.29, 0.717) is 22.6 Å². The predicted molar refractivity (Wildman–Crippen MR) is 55.4 cm³/mol. The quantitative estimate of drug-likeness (QED) is 0.595. The normalized spacial score (nSPS) is 9.00. The first-order valence-electron chi connectivity index (χ1n) is 4.12. The van der Waals surface area contributed by atoms with Crippen molar-refractivity contribution in [1.82, 2.24) is 0 Å². The van der Waals surface area contributed by atoms with E-state index >= 15 is 0 Å². The number of hydrogen-bond donors (Lipinski definition) is 1. The van der Waals surface area contributed by atoms with Gasteiger partial charge in [0.05, 0.1) is 6.61 Å². The first-order valence-corrected chi connectivity index (χ1v) is 4.50. The van der Waals surface area contributed by atoms with E-state index in [1.54, 1.807) is 18.2 Å². The number of aldehydes is 1. The number of hydrogen-bond acceptors (Lipinski definition) is 2. The highest BCUT2D eigenvalue weighted by molar-refractivity contribution is 6.30. The maximum atomic E-state index is 10.6. The van der Waals surface area contributed by atoms with Gasteiger partial charge in [-0.1, -0.05) is 23.4 Å². The lowest BCUT2D eigenvalue weighted by Crippen LogP contribution is -1.87. The number of carbonyl (C=O) groups is 1. The van der Waals surface area contributed by atoms with Crippen molar-refractivity contribution in [2.24, 2.45) is 0 Å². The smallest absolute Gasteiger partial charge is 0.151 e. The summed E-state index contributed by atoms with van der Waals surface area (Å²) in [6.45, 7) is 0.0248. The third-order valence-electron chi connectivity index (χ3n) is 1.60. The van der Waals surface area contributed by atoms with Gasteiger partial charge in [0, 0.05) is 22.6 Å². The van der Waals surface area contributed by atoms with Gasteiger partial charge in [0.1, 0.15) is 0 Å². The Hall–Kier alpha value is -1.30. The van der Waals surface area contributed by atoms with Gasteiger partial charge in [-0.05, 0) is 18.2 Å².